The molecule has 2 heterocycles. The molecule has 22 heavy (non-hydrogen) atoms. The number of hydrogen-bond acceptors (Lipinski definition) is 5. The molecule has 6 nitrogen and oxygen atoms in total. The van der Waals surface area contributed by atoms with Crippen molar-refractivity contribution in [1.29, 1.82) is 0 Å². The SMILES string of the molecule is Cc1nc([As])cc(OC2CCN(C(=O)OC(C)(C)C)CC2)n1. The second-order valence-corrected chi connectivity index (χ2v) is 7.36. The molecular formula is C15H22AsN3O3. The van der Waals surface area contributed by atoms with E-state index in [1.54, 1.807) is 4.90 Å². The fourth-order valence-corrected chi connectivity index (χ4v) is 2.77. The summed E-state index contributed by atoms with van der Waals surface area (Å²) in [6.07, 6.45) is 1.36. The van der Waals surface area contributed by atoms with Gasteiger partial charge in [-0.1, -0.05) is 0 Å². The third-order valence-electron chi connectivity index (χ3n) is 3.18. The normalized spacial score (nSPS) is 16.5. The van der Waals surface area contributed by atoms with Crippen LogP contribution in [0.1, 0.15) is 39.4 Å². The quantitative estimate of drug-likeness (QED) is 0.739. The number of piperidine rings is 1. The monoisotopic (exact) mass is 367 g/mol. The first-order valence-electron chi connectivity index (χ1n) is 7.42. The van der Waals surface area contributed by atoms with Crippen LogP contribution in [0.2, 0.25) is 0 Å². The van der Waals surface area contributed by atoms with Crippen molar-refractivity contribution in [2.45, 2.75) is 52.2 Å². The molecule has 2 rings (SSSR count). The molecule has 0 saturated carbocycles. The average Bonchev–Trinajstić information content (AvgIpc) is 2.36. The number of aromatic nitrogens is 2. The molecule has 0 spiro atoms. The Hall–Kier alpha value is -1.29. The van der Waals surface area contributed by atoms with Gasteiger partial charge in [0.15, 0.2) is 0 Å². The zero-order chi connectivity index (χ0) is 16.3. The zero-order valence-corrected chi connectivity index (χ0v) is 15.4. The van der Waals surface area contributed by atoms with Crippen molar-refractivity contribution >= 4 is 27.4 Å². The fraction of sp³-hybridized carbons (Fsp3) is 0.667. The van der Waals surface area contributed by atoms with E-state index in [2.05, 4.69) is 26.8 Å². The molecule has 0 bridgehead atoms. The van der Waals surface area contributed by atoms with Crippen LogP contribution in [0.5, 0.6) is 5.88 Å². The van der Waals surface area contributed by atoms with Gasteiger partial charge in [0.25, 0.3) is 0 Å². The summed E-state index contributed by atoms with van der Waals surface area (Å²) in [4.78, 5) is 22.2. The van der Waals surface area contributed by atoms with Gasteiger partial charge in [-0.15, -0.1) is 0 Å². The Bertz CT molecular complexity index is 517. The van der Waals surface area contributed by atoms with Crippen molar-refractivity contribution in [2.75, 3.05) is 13.1 Å². The van der Waals surface area contributed by atoms with E-state index in [1.807, 2.05) is 33.8 Å². The summed E-state index contributed by atoms with van der Waals surface area (Å²) >= 11 is 2.39. The van der Waals surface area contributed by atoms with Gasteiger partial charge in [0.2, 0.25) is 0 Å². The molecule has 0 aromatic carbocycles. The average molecular weight is 367 g/mol. The Balaban J connectivity index is 1.86. The molecule has 1 amide bonds. The Labute approximate surface area is 140 Å². The second kappa shape index (κ2) is 6.86. The van der Waals surface area contributed by atoms with Crippen molar-refractivity contribution in [1.82, 2.24) is 14.9 Å². The second-order valence-electron chi connectivity index (χ2n) is 6.40. The zero-order valence-electron chi connectivity index (χ0n) is 13.5. The Morgan fingerprint density at radius 2 is 1.95 bits per heavy atom. The van der Waals surface area contributed by atoms with Crippen LogP contribution in [0, 0.1) is 6.92 Å². The number of nitrogens with zero attached hydrogens (tertiary/aromatic N) is 3. The number of amides is 1. The van der Waals surface area contributed by atoms with Crippen LogP contribution in [0.3, 0.4) is 0 Å². The van der Waals surface area contributed by atoms with Crippen molar-refractivity contribution in [3.63, 3.8) is 0 Å². The first-order chi connectivity index (χ1) is 10.2. The van der Waals surface area contributed by atoms with Crippen LogP contribution in [-0.2, 0) is 4.74 Å². The summed E-state index contributed by atoms with van der Waals surface area (Å²) in [7, 11) is 0. The molecule has 2 radical (unpaired) electrons. The molecule has 1 fully saturated rings. The van der Waals surface area contributed by atoms with Crippen LogP contribution >= 0.6 is 0 Å². The molecule has 1 aliphatic rings. The predicted octanol–water partition coefficient (Wildman–Crippen LogP) is 1.36. The first kappa shape index (κ1) is 17.1. The maximum absolute atomic E-state index is 12.0. The van der Waals surface area contributed by atoms with Gasteiger partial charge in [0.1, 0.15) is 0 Å². The standard InChI is InChI=1S/C15H22AsN3O3/c1-10-17-12(16)9-13(18-10)21-11-5-7-19(8-6-11)14(20)22-15(2,3)4/h9,11H,5-8H2,1-4H3. The Morgan fingerprint density at radius 3 is 2.50 bits per heavy atom. The van der Waals surface area contributed by atoms with Gasteiger partial charge >= 0.3 is 140 Å². The van der Waals surface area contributed by atoms with Crippen molar-refractivity contribution < 1.29 is 14.3 Å². The minimum absolute atomic E-state index is 0.0693. The summed E-state index contributed by atoms with van der Waals surface area (Å²) < 4.78 is 12.1. The van der Waals surface area contributed by atoms with E-state index in [0.717, 1.165) is 17.3 Å². The summed E-state index contributed by atoms with van der Waals surface area (Å²) in [6, 6.07) is 1.81. The summed E-state index contributed by atoms with van der Waals surface area (Å²) in [5.41, 5.74) is -0.460. The van der Waals surface area contributed by atoms with E-state index >= 15 is 0 Å². The van der Waals surface area contributed by atoms with Crippen LogP contribution in [0.4, 0.5) is 4.79 Å². The van der Waals surface area contributed by atoms with Gasteiger partial charge < -0.3 is 0 Å². The molecule has 0 N–H and O–H groups in total. The van der Waals surface area contributed by atoms with E-state index < -0.39 is 5.60 Å². The van der Waals surface area contributed by atoms with Gasteiger partial charge in [-0.3, -0.25) is 0 Å². The number of likely N-dealkylation sites (tertiary alicyclic amines) is 1. The van der Waals surface area contributed by atoms with Gasteiger partial charge in [0.05, 0.1) is 0 Å². The van der Waals surface area contributed by atoms with E-state index in [4.69, 9.17) is 9.47 Å². The summed E-state index contributed by atoms with van der Waals surface area (Å²) in [5.74, 6) is 1.29. The van der Waals surface area contributed by atoms with Crippen LogP contribution in [0.25, 0.3) is 0 Å². The number of ether oxygens (including phenoxy) is 2. The van der Waals surface area contributed by atoms with Crippen molar-refractivity contribution in [3.8, 4) is 5.88 Å². The Kier molecular flexibility index (Phi) is 5.32. The fourth-order valence-electron chi connectivity index (χ4n) is 2.24. The molecule has 1 aliphatic heterocycles. The summed E-state index contributed by atoms with van der Waals surface area (Å²) in [6.45, 7) is 8.74. The van der Waals surface area contributed by atoms with Crippen molar-refractivity contribution in [2.24, 2.45) is 0 Å². The molecule has 1 aromatic heterocycles. The van der Waals surface area contributed by atoms with E-state index in [0.29, 0.717) is 24.8 Å². The number of hydrogen-bond donors (Lipinski definition) is 0. The van der Waals surface area contributed by atoms with E-state index in [1.165, 1.54) is 0 Å². The number of carbonyl (C=O) groups is 1. The third kappa shape index (κ3) is 5.16. The van der Waals surface area contributed by atoms with Crippen molar-refractivity contribution in [3.05, 3.63) is 11.9 Å². The summed E-state index contributed by atoms with van der Waals surface area (Å²) in [5, 5.41) is 0. The molecule has 0 aliphatic carbocycles. The molecule has 7 heteroatoms. The number of carbonyl (C=O) groups excluding carboxylic acids is 1. The van der Waals surface area contributed by atoms with Gasteiger partial charge in [0, 0.05) is 0 Å². The van der Waals surface area contributed by atoms with Crippen LogP contribution < -0.4 is 9.22 Å². The topological polar surface area (TPSA) is 64.5 Å². The first-order valence-corrected chi connectivity index (χ1v) is 8.36. The van der Waals surface area contributed by atoms with Gasteiger partial charge in [-0.25, -0.2) is 0 Å². The van der Waals surface area contributed by atoms with Crippen LogP contribution in [-0.4, -0.2) is 62.6 Å². The molecular weight excluding hydrogens is 345 g/mol. The molecule has 120 valence electrons. The minimum atomic E-state index is -0.460. The third-order valence-corrected chi connectivity index (χ3v) is 3.66. The molecule has 1 saturated heterocycles. The van der Waals surface area contributed by atoms with Gasteiger partial charge in [-0.05, 0) is 0 Å². The van der Waals surface area contributed by atoms with E-state index in [9.17, 15) is 4.79 Å². The Morgan fingerprint density at radius 1 is 1.32 bits per heavy atom. The predicted molar refractivity (Wildman–Crippen MR) is 83.6 cm³/mol. The molecule has 0 unspecified atom stereocenters. The number of aryl methyl sites for hydroxylation is 1. The maximum atomic E-state index is 12.0. The number of rotatable bonds is 2. The van der Waals surface area contributed by atoms with E-state index in [-0.39, 0.29) is 12.2 Å². The van der Waals surface area contributed by atoms with Crippen LogP contribution in [0.15, 0.2) is 6.07 Å². The molecule has 0 atom stereocenters. The van der Waals surface area contributed by atoms with Gasteiger partial charge in [-0.2, -0.15) is 0 Å². The molecule has 1 aromatic rings.